The molecule has 0 saturated heterocycles. The Morgan fingerprint density at radius 2 is 1.69 bits per heavy atom. The summed E-state index contributed by atoms with van der Waals surface area (Å²) in [7, 11) is 0. The summed E-state index contributed by atoms with van der Waals surface area (Å²) in [6.45, 7) is 2.20. The summed E-state index contributed by atoms with van der Waals surface area (Å²) in [5, 5.41) is 27.1. The number of hydrogen-bond acceptors (Lipinski definition) is 6. The van der Waals surface area contributed by atoms with Gasteiger partial charge in [-0.05, 0) is 6.92 Å². The van der Waals surface area contributed by atoms with Gasteiger partial charge >= 0.3 is 0 Å². The Morgan fingerprint density at radius 1 is 1.00 bits per heavy atom. The average molecular weight is 286 g/mol. The van der Waals surface area contributed by atoms with E-state index >= 15 is 0 Å². The molecule has 0 bridgehead atoms. The lowest BCUT2D eigenvalue weighted by molar-refractivity contribution is 0.220. The number of aliphatic hydroxyl groups excluding tert-OH is 3. The Balaban J connectivity index is 3.33. The Hall–Kier alpha value is 0.930. The maximum Gasteiger partial charge on any atom is 0.0602 e. The zero-order valence-corrected chi connectivity index (χ0v) is 12.1. The van der Waals surface area contributed by atoms with Crippen molar-refractivity contribution in [2.75, 3.05) is 42.0 Å². The van der Waals surface area contributed by atoms with Gasteiger partial charge in [-0.2, -0.15) is 35.3 Å². The Bertz CT molecular complexity index is 147. The van der Waals surface area contributed by atoms with E-state index in [1.807, 2.05) is 0 Å². The number of aliphatic hydroxyl groups is 3. The van der Waals surface area contributed by atoms with Crippen LogP contribution in [0.5, 0.6) is 0 Å². The highest BCUT2D eigenvalue weighted by Crippen LogP contribution is 2.17. The summed E-state index contributed by atoms with van der Waals surface area (Å²) < 4.78 is 0. The predicted molar refractivity (Wildman–Crippen MR) is 76.7 cm³/mol. The van der Waals surface area contributed by atoms with E-state index in [2.05, 4.69) is 0 Å². The van der Waals surface area contributed by atoms with Crippen molar-refractivity contribution < 1.29 is 15.3 Å². The highest BCUT2D eigenvalue weighted by molar-refractivity contribution is 8.04. The maximum atomic E-state index is 9.13. The van der Waals surface area contributed by atoms with E-state index in [1.54, 1.807) is 42.2 Å². The molecule has 0 fully saturated rings. The van der Waals surface area contributed by atoms with Crippen LogP contribution in [0, 0.1) is 0 Å². The van der Waals surface area contributed by atoms with Crippen LogP contribution in [0.15, 0.2) is 0 Å². The molecule has 0 heterocycles. The first-order valence-electron chi connectivity index (χ1n) is 5.37. The van der Waals surface area contributed by atoms with Gasteiger partial charge in [0.05, 0.1) is 19.3 Å². The van der Waals surface area contributed by atoms with Crippen molar-refractivity contribution in [1.29, 1.82) is 0 Å². The molecule has 16 heavy (non-hydrogen) atoms. The molecular formula is C10H22O3S3. The van der Waals surface area contributed by atoms with Gasteiger partial charge in [0, 0.05) is 34.0 Å². The molecule has 0 amide bonds. The molecule has 3 N–H and O–H groups in total. The number of rotatable bonds is 11. The Kier molecular flexibility index (Phi) is 13.1. The molecule has 0 radical (unpaired) electrons. The lowest BCUT2D eigenvalue weighted by atomic mass is 10.5. The Morgan fingerprint density at radius 3 is 2.25 bits per heavy atom. The second-order valence-electron chi connectivity index (χ2n) is 3.40. The van der Waals surface area contributed by atoms with Gasteiger partial charge in [-0.25, -0.2) is 0 Å². The van der Waals surface area contributed by atoms with E-state index in [9.17, 15) is 0 Å². The van der Waals surface area contributed by atoms with Gasteiger partial charge < -0.3 is 15.3 Å². The third-order valence-electron chi connectivity index (χ3n) is 1.68. The van der Waals surface area contributed by atoms with Crippen LogP contribution in [0.25, 0.3) is 0 Å². The zero-order chi connectivity index (χ0) is 12.2. The van der Waals surface area contributed by atoms with Crippen LogP contribution in [0.3, 0.4) is 0 Å². The first kappa shape index (κ1) is 16.9. The molecule has 6 heteroatoms. The van der Waals surface area contributed by atoms with Crippen molar-refractivity contribution in [3.05, 3.63) is 0 Å². The number of hydrogen-bond donors (Lipinski definition) is 3. The van der Waals surface area contributed by atoms with Crippen LogP contribution in [0.1, 0.15) is 6.92 Å². The van der Waals surface area contributed by atoms with E-state index in [0.29, 0.717) is 0 Å². The van der Waals surface area contributed by atoms with Crippen LogP contribution in [-0.4, -0.2) is 68.7 Å². The van der Waals surface area contributed by atoms with Crippen molar-refractivity contribution >= 4 is 35.3 Å². The molecule has 0 aromatic heterocycles. The lowest BCUT2D eigenvalue weighted by Gasteiger charge is -2.13. The van der Waals surface area contributed by atoms with Gasteiger partial charge in [0.25, 0.3) is 0 Å². The highest BCUT2D eigenvalue weighted by Gasteiger charge is 2.07. The molecule has 2 unspecified atom stereocenters. The molecular weight excluding hydrogens is 264 g/mol. The van der Waals surface area contributed by atoms with Gasteiger partial charge in [-0.3, -0.25) is 0 Å². The fourth-order valence-electron chi connectivity index (χ4n) is 0.960. The minimum atomic E-state index is -0.233. The van der Waals surface area contributed by atoms with Crippen molar-refractivity contribution in [1.82, 2.24) is 0 Å². The molecule has 3 nitrogen and oxygen atoms in total. The third-order valence-corrected chi connectivity index (χ3v) is 5.70. The van der Waals surface area contributed by atoms with Crippen LogP contribution < -0.4 is 0 Å². The van der Waals surface area contributed by atoms with Crippen molar-refractivity contribution in [2.24, 2.45) is 0 Å². The average Bonchev–Trinajstić information content (AvgIpc) is 2.26. The highest BCUT2D eigenvalue weighted by atomic mass is 32.2. The summed E-state index contributed by atoms with van der Waals surface area (Å²) >= 11 is 5.19. The van der Waals surface area contributed by atoms with E-state index in [4.69, 9.17) is 15.3 Å². The Labute approximate surface area is 111 Å². The minimum absolute atomic E-state index is 0.199. The predicted octanol–water partition coefficient (Wildman–Crippen LogP) is 0.920. The van der Waals surface area contributed by atoms with E-state index in [-0.39, 0.29) is 24.6 Å². The molecule has 0 aromatic rings. The molecule has 0 rings (SSSR count). The van der Waals surface area contributed by atoms with Crippen LogP contribution >= 0.6 is 35.3 Å². The first-order chi connectivity index (χ1) is 7.70. The molecule has 0 aromatic carbocycles. The molecule has 0 aliphatic carbocycles. The summed E-state index contributed by atoms with van der Waals surface area (Å²) in [5.41, 5.74) is 0. The summed E-state index contributed by atoms with van der Waals surface area (Å²) in [6.07, 6.45) is -0.233. The minimum Gasteiger partial charge on any atom is -0.396 e. The smallest absolute Gasteiger partial charge is 0.0602 e. The first-order valence-corrected chi connectivity index (χ1v) is 8.73. The SMILES string of the molecule is CC(O)CSCCSC(CO)CSCCO. The summed E-state index contributed by atoms with van der Waals surface area (Å²) in [6, 6.07) is 0. The number of thioether (sulfide) groups is 3. The largest absolute Gasteiger partial charge is 0.396 e. The second-order valence-corrected chi connectivity index (χ2v) is 7.11. The van der Waals surface area contributed by atoms with Crippen LogP contribution in [-0.2, 0) is 0 Å². The van der Waals surface area contributed by atoms with Gasteiger partial charge in [-0.15, -0.1) is 0 Å². The molecule has 0 aliphatic rings. The van der Waals surface area contributed by atoms with E-state index in [1.165, 1.54) is 0 Å². The van der Waals surface area contributed by atoms with Crippen molar-refractivity contribution in [3.63, 3.8) is 0 Å². The van der Waals surface area contributed by atoms with Crippen molar-refractivity contribution in [2.45, 2.75) is 18.3 Å². The quantitative estimate of drug-likeness (QED) is 0.491. The normalized spacial score (nSPS) is 15.0. The molecule has 98 valence electrons. The van der Waals surface area contributed by atoms with Crippen LogP contribution in [0.4, 0.5) is 0 Å². The molecule has 2 atom stereocenters. The van der Waals surface area contributed by atoms with Crippen LogP contribution in [0.2, 0.25) is 0 Å². The van der Waals surface area contributed by atoms with E-state index < -0.39 is 0 Å². The molecule has 0 saturated carbocycles. The van der Waals surface area contributed by atoms with Gasteiger partial charge in [0.1, 0.15) is 0 Å². The van der Waals surface area contributed by atoms with Gasteiger partial charge in [0.2, 0.25) is 0 Å². The molecule has 0 spiro atoms. The second kappa shape index (κ2) is 12.4. The summed E-state index contributed by atoms with van der Waals surface area (Å²) in [5.74, 6) is 4.43. The maximum absolute atomic E-state index is 9.13. The lowest BCUT2D eigenvalue weighted by Crippen LogP contribution is -2.14. The van der Waals surface area contributed by atoms with E-state index in [0.717, 1.165) is 28.8 Å². The van der Waals surface area contributed by atoms with Crippen molar-refractivity contribution in [3.8, 4) is 0 Å². The zero-order valence-electron chi connectivity index (χ0n) is 9.67. The fraction of sp³-hybridized carbons (Fsp3) is 1.00. The molecule has 0 aliphatic heterocycles. The van der Waals surface area contributed by atoms with Gasteiger partial charge in [0.15, 0.2) is 0 Å². The van der Waals surface area contributed by atoms with Gasteiger partial charge in [-0.1, -0.05) is 0 Å². The monoisotopic (exact) mass is 286 g/mol. The topological polar surface area (TPSA) is 60.7 Å². The standard InChI is InChI=1S/C10H22O3S3/c1-9(13)7-15-4-5-16-10(6-12)8-14-3-2-11/h9-13H,2-8H2,1H3. The fourth-order valence-corrected chi connectivity index (χ4v) is 4.10. The third kappa shape index (κ3) is 11.4. The summed E-state index contributed by atoms with van der Waals surface area (Å²) in [4.78, 5) is 0.